The van der Waals surface area contributed by atoms with E-state index in [0.29, 0.717) is 4.90 Å². The average molecular weight is 281 g/mol. The van der Waals surface area contributed by atoms with Gasteiger partial charge in [0.25, 0.3) is 0 Å². The molecular weight excluding hydrogens is 268 g/mol. The van der Waals surface area contributed by atoms with Gasteiger partial charge in [0, 0.05) is 13.0 Å². The number of nitroso groups, excluding NO2 is 1. The first-order valence-corrected chi connectivity index (χ1v) is 5.63. The molecule has 10 heteroatoms. The number of carbonyl (C=O) groups excluding carboxylic acids is 1. The lowest BCUT2D eigenvalue weighted by Gasteiger charge is -2.36. The standard InChI is InChI=1S/C9H13F2N3O5/c10-9(11)6(13-18)4(3-15)19-7(9)14-2-1-5(16)12-8(14)17/h4-7,15-16H,1-3H2,(H,12,17)/t4-,5?,6-,7-/m1/s1. The van der Waals surface area contributed by atoms with Crippen molar-refractivity contribution in [3.8, 4) is 0 Å². The summed E-state index contributed by atoms with van der Waals surface area (Å²) in [4.78, 5) is 22.7. The van der Waals surface area contributed by atoms with Crippen molar-refractivity contribution in [2.24, 2.45) is 5.18 Å². The van der Waals surface area contributed by atoms with Gasteiger partial charge in [-0.05, 0) is 0 Å². The molecule has 108 valence electrons. The fourth-order valence-corrected chi connectivity index (χ4v) is 2.17. The van der Waals surface area contributed by atoms with Gasteiger partial charge >= 0.3 is 12.0 Å². The molecule has 0 aromatic rings. The molecule has 1 unspecified atom stereocenters. The van der Waals surface area contributed by atoms with Gasteiger partial charge in [0.1, 0.15) is 12.3 Å². The Balaban J connectivity index is 2.20. The zero-order valence-electron chi connectivity index (χ0n) is 9.70. The number of carbonyl (C=O) groups is 1. The second-order valence-electron chi connectivity index (χ2n) is 4.38. The van der Waals surface area contributed by atoms with Gasteiger partial charge in [0.15, 0.2) is 6.04 Å². The third kappa shape index (κ3) is 2.26. The minimum atomic E-state index is -3.70. The van der Waals surface area contributed by atoms with E-state index >= 15 is 0 Å². The number of hydrogen-bond donors (Lipinski definition) is 3. The van der Waals surface area contributed by atoms with Crippen molar-refractivity contribution >= 4 is 6.03 Å². The molecule has 0 aliphatic carbocycles. The first kappa shape index (κ1) is 14.0. The van der Waals surface area contributed by atoms with Crippen LogP contribution in [0.3, 0.4) is 0 Å². The number of aliphatic hydroxyl groups is 2. The molecule has 19 heavy (non-hydrogen) atoms. The number of hydrogen-bond acceptors (Lipinski definition) is 6. The Bertz CT molecular complexity index is 383. The Morgan fingerprint density at radius 1 is 1.58 bits per heavy atom. The van der Waals surface area contributed by atoms with Crippen molar-refractivity contribution in [1.82, 2.24) is 10.2 Å². The molecular formula is C9H13F2N3O5. The Labute approximate surface area is 106 Å². The molecule has 2 aliphatic rings. The van der Waals surface area contributed by atoms with Crippen LogP contribution < -0.4 is 5.32 Å². The first-order valence-electron chi connectivity index (χ1n) is 5.63. The van der Waals surface area contributed by atoms with Crippen molar-refractivity contribution in [2.75, 3.05) is 13.2 Å². The van der Waals surface area contributed by atoms with Crippen LogP contribution in [0.4, 0.5) is 13.6 Å². The van der Waals surface area contributed by atoms with Crippen LogP contribution in [-0.2, 0) is 4.74 Å². The summed E-state index contributed by atoms with van der Waals surface area (Å²) in [6, 6.07) is -2.98. The van der Waals surface area contributed by atoms with Crippen LogP contribution in [-0.4, -0.2) is 64.8 Å². The Hall–Kier alpha value is -1.39. The molecule has 8 nitrogen and oxygen atoms in total. The highest BCUT2D eigenvalue weighted by Crippen LogP contribution is 2.40. The Morgan fingerprint density at radius 3 is 2.74 bits per heavy atom. The molecule has 0 radical (unpaired) electrons. The predicted octanol–water partition coefficient (Wildman–Crippen LogP) is -0.792. The van der Waals surface area contributed by atoms with Gasteiger partial charge < -0.3 is 20.3 Å². The summed E-state index contributed by atoms with van der Waals surface area (Å²) in [6.45, 7) is -0.961. The van der Waals surface area contributed by atoms with Crippen LogP contribution in [0.25, 0.3) is 0 Å². The number of nitrogens with one attached hydrogen (secondary N) is 1. The molecule has 2 saturated heterocycles. The Kier molecular flexibility index (Phi) is 3.65. The van der Waals surface area contributed by atoms with Crippen LogP contribution in [0.15, 0.2) is 5.18 Å². The van der Waals surface area contributed by atoms with Gasteiger partial charge in [-0.1, -0.05) is 5.18 Å². The molecule has 0 aromatic carbocycles. The van der Waals surface area contributed by atoms with Crippen LogP contribution in [0.1, 0.15) is 6.42 Å². The van der Waals surface area contributed by atoms with E-state index in [4.69, 9.17) is 9.84 Å². The summed E-state index contributed by atoms with van der Waals surface area (Å²) < 4.78 is 32.8. The lowest BCUT2D eigenvalue weighted by molar-refractivity contribution is -0.146. The first-order chi connectivity index (χ1) is 8.91. The number of aliphatic hydroxyl groups excluding tert-OH is 2. The van der Waals surface area contributed by atoms with Crippen molar-refractivity contribution in [1.29, 1.82) is 0 Å². The third-order valence-electron chi connectivity index (χ3n) is 3.15. The second-order valence-corrected chi connectivity index (χ2v) is 4.38. The van der Waals surface area contributed by atoms with E-state index in [1.807, 2.05) is 0 Å². The lowest BCUT2D eigenvalue weighted by atomic mass is 10.1. The summed E-state index contributed by atoms with van der Waals surface area (Å²) in [6.07, 6.45) is -4.51. The average Bonchev–Trinajstić information content (AvgIpc) is 2.60. The number of ether oxygens (including phenoxy) is 1. The van der Waals surface area contributed by atoms with E-state index in [-0.39, 0.29) is 13.0 Å². The molecule has 2 rings (SSSR count). The normalized spacial score (nSPS) is 38.1. The molecule has 2 heterocycles. The topological polar surface area (TPSA) is 111 Å². The summed E-state index contributed by atoms with van der Waals surface area (Å²) >= 11 is 0. The van der Waals surface area contributed by atoms with Gasteiger partial charge in [-0.15, -0.1) is 0 Å². The van der Waals surface area contributed by atoms with E-state index in [1.54, 1.807) is 0 Å². The van der Waals surface area contributed by atoms with E-state index in [1.165, 1.54) is 0 Å². The molecule has 2 fully saturated rings. The van der Waals surface area contributed by atoms with E-state index < -0.39 is 43.2 Å². The minimum Gasteiger partial charge on any atom is -0.394 e. The summed E-state index contributed by atoms with van der Waals surface area (Å²) in [5.74, 6) is -3.70. The van der Waals surface area contributed by atoms with Crippen LogP contribution in [0, 0.1) is 4.91 Å². The van der Waals surface area contributed by atoms with Crippen molar-refractivity contribution in [2.45, 2.75) is 36.9 Å². The molecule has 0 saturated carbocycles. The Morgan fingerprint density at radius 2 is 2.26 bits per heavy atom. The van der Waals surface area contributed by atoms with Gasteiger partial charge in [0.2, 0.25) is 6.23 Å². The number of alkyl halides is 2. The van der Waals surface area contributed by atoms with Crippen LogP contribution in [0.5, 0.6) is 0 Å². The number of nitrogens with zero attached hydrogens (tertiary/aromatic N) is 2. The highest BCUT2D eigenvalue weighted by molar-refractivity contribution is 5.75. The van der Waals surface area contributed by atoms with E-state index in [9.17, 15) is 23.6 Å². The number of halogens is 2. The van der Waals surface area contributed by atoms with Gasteiger partial charge in [-0.3, -0.25) is 4.90 Å². The predicted molar refractivity (Wildman–Crippen MR) is 56.1 cm³/mol. The summed E-state index contributed by atoms with van der Waals surface area (Å²) in [7, 11) is 0. The monoisotopic (exact) mass is 281 g/mol. The summed E-state index contributed by atoms with van der Waals surface area (Å²) in [5, 5.41) is 22.4. The molecule has 4 atom stereocenters. The zero-order valence-corrected chi connectivity index (χ0v) is 9.70. The maximum atomic E-state index is 14.0. The molecule has 0 spiro atoms. The van der Waals surface area contributed by atoms with Crippen LogP contribution >= 0.6 is 0 Å². The van der Waals surface area contributed by atoms with E-state index in [2.05, 4.69) is 10.5 Å². The maximum Gasteiger partial charge on any atom is 0.321 e. The van der Waals surface area contributed by atoms with Gasteiger partial charge in [-0.25, -0.2) is 4.79 Å². The van der Waals surface area contributed by atoms with Crippen molar-refractivity contribution < 1.29 is 28.5 Å². The summed E-state index contributed by atoms with van der Waals surface area (Å²) in [5.41, 5.74) is 0. The molecule has 3 N–H and O–H groups in total. The fourth-order valence-electron chi connectivity index (χ4n) is 2.17. The highest BCUT2D eigenvalue weighted by atomic mass is 19.3. The van der Waals surface area contributed by atoms with Crippen molar-refractivity contribution in [3.63, 3.8) is 0 Å². The molecule has 2 aliphatic heterocycles. The van der Waals surface area contributed by atoms with Gasteiger partial charge in [0.05, 0.1) is 6.61 Å². The number of urea groups is 1. The zero-order chi connectivity index (χ0) is 14.2. The number of amides is 2. The molecule has 0 bridgehead atoms. The smallest absolute Gasteiger partial charge is 0.321 e. The lowest BCUT2D eigenvalue weighted by Crippen LogP contribution is -2.59. The van der Waals surface area contributed by atoms with E-state index in [0.717, 1.165) is 0 Å². The SMILES string of the molecule is O=N[C@@H]1[C@@H](CO)O[C@@H](N2CCC(O)NC2=O)C1(F)F. The maximum absolute atomic E-state index is 14.0. The molecule has 0 aromatic heterocycles. The van der Waals surface area contributed by atoms with Crippen LogP contribution in [0.2, 0.25) is 0 Å². The fraction of sp³-hybridized carbons (Fsp3) is 0.889. The quantitative estimate of drug-likeness (QED) is 0.587. The second kappa shape index (κ2) is 4.94. The number of rotatable bonds is 3. The molecule has 2 amide bonds. The largest absolute Gasteiger partial charge is 0.394 e. The van der Waals surface area contributed by atoms with Crippen molar-refractivity contribution in [3.05, 3.63) is 4.91 Å². The minimum absolute atomic E-state index is 0.0463. The highest BCUT2D eigenvalue weighted by Gasteiger charge is 2.63. The van der Waals surface area contributed by atoms with Gasteiger partial charge in [-0.2, -0.15) is 13.7 Å². The third-order valence-corrected chi connectivity index (χ3v) is 3.15.